The molecule has 30 heavy (non-hydrogen) atoms. The van der Waals surface area contributed by atoms with E-state index >= 15 is 0 Å². The van der Waals surface area contributed by atoms with Crippen molar-refractivity contribution in [3.63, 3.8) is 0 Å². The molecule has 0 aromatic heterocycles. The van der Waals surface area contributed by atoms with Gasteiger partial charge in [-0.2, -0.15) is 4.31 Å². The Morgan fingerprint density at radius 3 is 2.33 bits per heavy atom. The summed E-state index contributed by atoms with van der Waals surface area (Å²) in [4.78, 5) is 17.2. The third kappa shape index (κ3) is 5.81. The van der Waals surface area contributed by atoms with Crippen LogP contribution < -0.4 is 5.32 Å². The molecule has 1 N–H and O–H groups in total. The maximum Gasteiger partial charge on any atom is 0.243 e. The summed E-state index contributed by atoms with van der Waals surface area (Å²) in [6, 6.07) is 9.47. The molecule has 1 amide bonds. The Hall–Kier alpha value is -1.48. The summed E-state index contributed by atoms with van der Waals surface area (Å²) in [7, 11) is -3.64. The first-order valence-electron chi connectivity index (χ1n) is 11.2. The van der Waals surface area contributed by atoms with Crippen LogP contribution in [-0.4, -0.2) is 86.3 Å². The van der Waals surface area contributed by atoms with Crippen molar-refractivity contribution in [2.75, 3.05) is 45.8 Å². The summed E-state index contributed by atoms with van der Waals surface area (Å²) in [5, 5.41) is 3.24. The average molecular weight is 437 g/mol. The van der Waals surface area contributed by atoms with Gasteiger partial charge in [-0.05, 0) is 38.8 Å². The van der Waals surface area contributed by atoms with Gasteiger partial charge in [0.05, 0.1) is 4.90 Å². The van der Waals surface area contributed by atoms with Gasteiger partial charge in [0.15, 0.2) is 0 Å². The van der Waals surface area contributed by atoms with E-state index in [1.807, 2.05) is 11.0 Å². The van der Waals surface area contributed by atoms with E-state index in [4.69, 9.17) is 0 Å². The molecule has 0 bridgehead atoms. The van der Waals surface area contributed by atoms with Crippen molar-refractivity contribution >= 4 is 15.9 Å². The standard InChI is InChI=1S/C22H36N4O3S/c1-19-7-6-8-20(2)26(19)18-17-25(30(28,29)21-9-4-3-5-10-21)14-11-22(27)24-15-12-23-13-16-24/h3-5,9-10,19-20,23H,6-8,11-18H2,1-2H3/t19-,20-/m1/s1. The van der Waals surface area contributed by atoms with Crippen LogP contribution in [0.4, 0.5) is 0 Å². The number of amides is 1. The average Bonchev–Trinajstić information content (AvgIpc) is 2.76. The van der Waals surface area contributed by atoms with E-state index in [1.54, 1.807) is 24.3 Å². The summed E-state index contributed by atoms with van der Waals surface area (Å²) in [5.41, 5.74) is 0. The number of piperazine rings is 1. The Labute approximate surface area is 181 Å². The molecular weight excluding hydrogens is 400 g/mol. The highest BCUT2D eigenvalue weighted by molar-refractivity contribution is 7.89. The molecule has 1 aromatic rings. The number of hydrogen-bond donors (Lipinski definition) is 1. The molecular formula is C22H36N4O3S. The number of benzene rings is 1. The van der Waals surface area contributed by atoms with Crippen LogP contribution in [0.5, 0.6) is 0 Å². The zero-order valence-corrected chi connectivity index (χ0v) is 19.1. The minimum Gasteiger partial charge on any atom is -0.340 e. The van der Waals surface area contributed by atoms with Crippen LogP contribution in [0, 0.1) is 0 Å². The highest BCUT2D eigenvalue weighted by Crippen LogP contribution is 2.23. The topological polar surface area (TPSA) is 73.0 Å². The van der Waals surface area contributed by atoms with Gasteiger partial charge in [0.1, 0.15) is 0 Å². The lowest BCUT2D eigenvalue weighted by Gasteiger charge is -2.40. The van der Waals surface area contributed by atoms with E-state index in [1.165, 1.54) is 10.7 Å². The first-order chi connectivity index (χ1) is 14.4. The van der Waals surface area contributed by atoms with Crippen molar-refractivity contribution in [2.45, 2.75) is 56.5 Å². The Kier molecular flexibility index (Phi) is 8.27. The Morgan fingerprint density at radius 2 is 1.70 bits per heavy atom. The van der Waals surface area contributed by atoms with Crippen LogP contribution in [0.15, 0.2) is 35.2 Å². The van der Waals surface area contributed by atoms with Crippen LogP contribution in [-0.2, 0) is 14.8 Å². The summed E-state index contributed by atoms with van der Waals surface area (Å²) in [6.07, 6.45) is 3.75. The lowest BCUT2D eigenvalue weighted by atomic mass is 9.98. The van der Waals surface area contributed by atoms with Crippen molar-refractivity contribution in [2.24, 2.45) is 0 Å². The summed E-state index contributed by atoms with van der Waals surface area (Å²) < 4.78 is 28.2. The first kappa shape index (κ1) is 23.2. The summed E-state index contributed by atoms with van der Waals surface area (Å²) in [5.74, 6) is 0.0319. The summed E-state index contributed by atoms with van der Waals surface area (Å²) in [6.45, 7) is 8.72. The Morgan fingerprint density at radius 1 is 1.07 bits per heavy atom. The fourth-order valence-corrected chi connectivity index (χ4v) is 5.98. The molecule has 0 aliphatic carbocycles. The van der Waals surface area contributed by atoms with E-state index in [0.29, 0.717) is 43.2 Å². The quantitative estimate of drug-likeness (QED) is 0.672. The Balaban J connectivity index is 1.70. The molecule has 0 unspecified atom stereocenters. The molecule has 7 nitrogen and oxygen atoms in total. The molecule has 0 saturated carbocycles. The first-order valence-corrected chi connectivity index (χ1v) is 12.6. The number of hydrogen-bond acceptors (Lipinski definition) is 5. The van der Waals surface area contributed by atoms with Crippen LogP contribution in [0.2, 0.25) is 0 Å². The molecule has 2 fully saturated rings. The molecule has 2 saturated heterocycles. The minimum absolute atomic E-state index is 0.0319. The largest absolute Gasteiger partial charge is 0.340 e. The zero-order chi connectivity index (χ0) is 21.6. The molecule has 0 radical (unpaired) electrons. The van der Waals surface area contributed by atoms with E-state index in [9.17, 15) is 13.2 Å². The van der Waals surface area contributed by atoms with Gasteiger partial charge in [0.25, 0.3) is 0 Å². The van der Waals surface area contributed by atoms with E-state index in [0.717, 1.165) is 25.9 Å². The van der Waals surface area contributed by atoms with Crippen LogP contribution in [0.3, 0.4) is 0 Å². The molecule has 3 rings (SSSR count). The molecule has 1 aromatic carbocycles. The fourth-order valence-electron chi connectivity index (χ4n) is 4.53. The number of rotatable bonds is 8. The van der Waals surface area contributed by atoms with Gasteiger partial charge >= 0.3 is 0 Å². The van der Waals surface area contributed by atoms with Gasteiger partial charge in [-0.25, -0.2) is 8.42 Å². The predicted octanol–water partition coefficient (Wildman–Crippen LogP) is 1.76. The maximum atomic E-state index is 13.3. The Bertz CT molecular complexity index is 771. The number of piperidine rings is 1. The number of carbonyl (C=O) groups is 1. The van der Waals surface area contributed by atoms with Crippen molar-refractivity contribution in [1.82, 2.24) is 19.4 Å². The van der Waals surface area contributed by atoms with Crippen molar-refractivity contribution in [1.29, 1.82) is 0 Å². The number of nitrogens with one attached hydrogen (secondary N) is 1. The van der Waals surface area contributed by atoms with Gasteiger partial charge < -0.3 is 10.2 Å². The highest BCUT2D eigenvalue weighted by Gasteiger charge is 2.29. The third-order valence-electron chi connectivity index (χ3n) is 6.41. The van der Waals surface area contributed by atoms with Crippen LogP contribution in [0.1, 0.15) is 39.5 Å². The lowest BCUT2D eigenvalue weighted by Crippen LogP contribution is -2.49. The molecule has 0 spiro atoms. The summed E-state index contributed by atoms with van der Waals surface area (Å²) >= 11 is 0. The third-order valence-corrected chi connectivity index (χ3v) is 8.32. The monoisotopic (exact) mass is 436 g/mol. The van der Waals surface area contributed by atoms with Crippen LogP contribution >= 0.6 is 0 Å². The van der Waals surface area contributed by atoms with Crippen molar-refractivity contribution in [3.8, 4) is 0 Å². The van der Waals surface area contributed by atoms with Gasteiger partial charge in [-0.15, -0.1) is 0 Å². The second-order valence-corrected chi connectivity index (χ2v) is 10.4. The molecule has 2 atom stereocenters. The van der Waals surface area contributed by atoms with Gasteiger partial charge in [0, 0.05) is 64.3 Å². The zero-order valence-electron chi connectivity index (χ0n) is 18.3. The minimum atomic E-state index is -3.64. The number of likely N-dealkylation sites (tertiary alicyclic amines) is 1. The molecule has 2 aliphatic heterocycles. The maximum absolute atomic E-state index is 13.3. The predicted molar refractivity (Wildman–Crippen MR) is 119 cm³/mol. The smallest absolute Gasteiger partial charge is 0.243 e. The van der Waals surface area contributed by atoms with Crippen molar-refractivity contribution < 1.29 is 13.2 Å². The number of nitrogens with zero attached hydrogens (tertiary/aromatic N) is 3. The van der Waals surface area contributed by atoms with E-state index < -0.39 is 10.0 Å². The highest BCUT2D eigenvalue weighted by atomic mass is 32.2. The molecule has 168 valence electrons. The normalized spacial score (nSPS) is 23.6. The second-order valence-electron chi connectivity index (χ2n) is 8.46. The number of carbonyl (C=O) groups excluding carboxylic acids is 1. The lowest BCUT2D eigenvalue weighted by molar-refractivity contribution is -0.131. The fraction of sp³-hybridized carbons (Fsp3) is 0.682. The molecule has 2 heterocycles. The second kappa shape index (κ2) is 10.7. The van der Waals surface area contributed by atoms with E-state index in [2.05, 4.69) is 24.1 Å². The van der Waals surface area contributed by atoms with Gasteiger partial charge in [-0.3, -0.25) is 9.69 Å². The van der Waals surface area contributed by atoms with Crippen LogP contribution in [0.25, 0.3) is 0 Å². The van der Waals surface area contributed by atoms with E-state index in [-0.39, 0.29) is 18.9 Å². The SMILES string of the molecule is C[C@@H]1CCC[C@@H](C)N1CCN(CCC(=O)N1CCNCC1)S(=O)(=O)c1ccccc1. The number of sulfonamides is 1. The van der Waals surface area contributed by atoms with Gasteiger partial charge in [0.2, 0.25) is 15.9 Å². The molecule has 2 aliphatic rings. The van der Waals surface area contributed by atoms with Crippen molar-refractivity contribution in [3.05, 3.63) is 30.3 Å². The molecule has 8 heteroatoms. The van der Waals surface area contributed by atoms with Gasteiger partial charge in [-0.1, -0.05) is 24.6 Å².